The number of rotatable bonds is 5. The lowest BCUT2D eigenvalue weighted by atomic mass is 9.89. The molecule has 0 aliphatic rings. The maximum absolute atomic E-state index is 12.5. The monoisotopic (exact) mass is 322 g/mol. The number of esters is 1. The number of hydrogen-bond acceptors (Lipinski definition) is 3. The Kier molecular flexibility index (Phi) is 5.45. The maximum atomic E-state index is 12.5. The predicted molar refractivity (Wildman–Crippen MR) is 57.2 cm³/mol. The molecule has 0 amide bonds. The van der Waals surface area contributed by atoms with Crippen LogP contribution in [-0.4, -0.2) is 35.0 Å². The van der Waals surface area contributed by atoms with Crippen molar-refractivity contribution in [3.8, 4) is 0 Å². The predicted octanol–water partition coefficient (Wildman–Crippen LogP) is 3.08. The standard InChI is InChI=1S/C11H12F6O4/c1-5(4-6(18)19)7(20)21-9(2,3)8(10(12,13)14)11(15,16)17/h8H,1,4H2,2-3H3,(H,18,19). The van der Waals surface area contributed by atoms with Crippen LogP contribution in [0.2, 0.25) is 0 Å². The van der Waals surface area contributed by atoms with Gasteiger partial charge in [-0.2, -0.15) is 26.3 Å². The molecule has 0 saturated heterocycles. The molecule has 10 heteroatoms. The van der Waals surface area contributed by atoms with E-state index in [2.05, 4.69) is 11.3 Å². The van der Waals surface area contributed by atoms with Crippen molar-refractivity contribution in [2.24, 2.45) is 5.92 Å². The van der Waals surface area contributed by atoms with E-state index in [1.54, 1.807) is 0 Å². The number of alkyl halides is 6. The van der Waals surface area contributed by atoms with Crippen molar-refractivity contribution in [1.29, 1.82) is 0 Å². The molecule has 0 saturated carbocycles. The second-order valence-corrected chi connectivity index (χ2v) is 4.68. The van der Waals surface area contributed by atoms with Crippen LogP contribution in [-0.2, 0) is 14.3 Å². The van der Waals surface area contributed by atoms with Crippen LogP contribution in [0.1, 0.15) is 20.3 Å². The maximum Gasteiger partial charge on any atom is 0.404 e. The van der Waals surface area contributed by atoms with Crippen molar-refractivity contribution >= 4 is 11.9 Å². The minimum absolute atomic E-state index is 0.435. The lowest BCUT2D eigenvalue weighted by Gasteiger charge is -2.36. The van der Waals surface area contributed by atoms with Crippen LogP contribution >= 0.6 is 0 Å². The van der Waals surface area contributed by atoms with Crippen LogP contribution in [0, 0.1) is 5.92 Å². The fourth-order valence-electron chi connectivity index (χ4n) is 1.60. The summed E-state index contributed by atoms with van der Waals surface area (Å²) >= 11 is 0. The molecular weight excluding hydrogens is 310 g/mol. The molecule has 0 rings (SSSR count). The van der Waals surface area contributed by atoms with E-state index in [1.807, 2.05) is 0 Å². The minimum Gasteiger partial charge on any atom is -0.481 e. The average Bonchev–Trinajstić information content (AvgIpc) is 2.08. The van der Waals surface area contributed by atoms with E-state index in [0.29, 0.717) is 13.8 Å². The minimum atomic E-state index is -5.70. The van der Waals surface area contributed by atoms with E-state index in [0.717, 1.165) is 0 Å². The van der Waals surface area contributed by atoms with E-state index in [9.17, 15) is 35.9 Å². The quantitative estimate of drug-likeness (QED) is 0.480. The summed E-state index contributed by atoms with van der Waals surface area (Å²) in [5.74, 6) is -7.09. The first kappa shape index (κ1) is 19.3. The smallest absolute Gasteiger partial charge is 0.404 e. The number of hydrogen-bond donors (Lipinski definition) is 1. The van der Waals surface area contributed by atoms with Gasteiger partial charge in [0, 0.05) is 5.57 Å². The summed E-state index contributed by atoms with van der Waals surface area (Å²) < 4.78 is 79.4. The Morgan fingerprint density at radius 2 is 1.48 bits per heavy atom. The second kappa shape index (κ2) is 5.94. The highest BCUT2D eigenvalue weighted by molar-refractivity contribution is 5.93. The Morgan fingerprint density at radius 3 is 1.76 bits per heavy atom. The molecule has 0 spiro atoms. The summed E-state index contributed by atoms with van der Waals surface area (Å²) in [5.41, 5.74) is -3.74. The summed E-state index contributed by atoms with van der Waals surface area (Å²) in [5, 5.41) is 8.37. The summed E-state index contributed by atoms with van der Waals surface area (Å²) in [4.78, 5) is 21.6. The van der Waals surface area contributed by atoms with E-state index in [-0.39, 0.29) is 0 Å². The zero-order valence-electron chi connectivity index (χ0n) is 10.9. The Balaban J connectivity index is 5.30. The van der Waals surface area contributed by atoms with E-state index in [4.69, 9.17) is 5.11 Å². The largest absolute Gasteiger partial charge is 0.481 e. The molecule has 0 aliphatic heterocycles. The molecule has 122 valence electrons. The lowest BCUT2D eigenvalue weighted by Crippen LogP contribution is -2.52. The van der Waals surface area contributed by atoms with Gasteiger partial charge >= 0.3 is 24.3 Å². The number of carboxylic acid groups (broad SMARTS) is 1. The van der Waals surface area contributed by atoms with Crippen molar-refractivity contribution in [3.63, 3.8) is 0 Å². The highest BCUT2D eigenvalue weighted by Gasteiger charge is 2.65. The number of aliphatic carboxylic acids is 1. The second-order valence-electron chi connectivity index (χ2n) is 4.68. The van der Waals surface area contributed by atoms with Gasteiger partial charge in [0.05, 0.1) is 6.42 Å². The first-order valence-electron chi connectivity index (χ1n) is 5.35. The topological polar surface area (TPSA) is 63.6 Å². The van der Waals surface area contributed by atoms with Gasteiger partial charge in [-0.05, 0) is 13.8 Å². The molecule has 1 N–H and O–H groups in total. The highest BCUT2D eigenvalue weighted by atomic mass is 19.4. The van der Waals surface area contributed by atoms with Gasteiger partial charge in [0.2, 0.25) is 0 Å². The van der Waals surface area contributed by atoms with Gasteiger partial charge in [0.25, 0.3) is 0 Å². The number of carbonyl (C=O) groups is 2. The molecule has 0 radical (unpaired) electrons. The van der Waals surface area contributed by atoms with Crippen LogP contribution in [0.25, 0.3) is 0 Å². The zero-order valence-corrected chi connectivity index (χ0v) is 10.9. The summed E-state index contributed by atoms with van der Waals surface area (Å²) in [6, 6.07) is 0. The average molecular weight is 322 g/mol. The normalized spacial score (nSPS) is 13.2. The molecule has 0 aliphatic carbocycles. The fraction of sp³-hybridized carbons (Fsp3) is 0.636. The van der Waals surface area contributed by atoms with Crippen LogP contribution < -0.4 is 0 Å². The molecule has 0 fully saturated rings. The summed E-state index contributed by atoms with van der Waals surface area (Å²) in [6.07, 6.45) is -12.4. The van der Waals surface area contributed by atoms with Crippen LogP contribution in [0.4, 0.5) is 26.3 Å². The van der Waals surface area contributed by atoms with E-state index in [1.165, 1.54) is 0 Å². The lowest BCUT2D eigenvalue weighted by molar-refractivity contribution is -0.323. The fourth-order valence-corrected chi connectivity index (χ4v) is 1.60. The molecule has 0 aromatic heterocycles. The molecule has 0 unspecified atom stereocenters. The van der Waals surface area contributed by atoms with Gasteiger partial charge in [-0.1, -0.05) is 6.58 Å². The third-order valence-corrected chi connectivity index (χ3v) is 2.36. The van der Waals surface area contributed by atoms with E-state index < -0.39 is 47.8 Å². The third-order valence-electron chi connectivity index (χ3n) is 2.36. The Bertz CT molecular complexity index is 421. The molecule has 4 nitrogen and oxygen atoms in total. The van der Waals surface area contributed by atoms with Crippen LogP contribution in [0.5, 0.6) is 0 Å². The van der Waals surface area contributed by atoms with Crippen molar-refractivity contribution < 1.29 is 45.8 Å². The molecular formula is C11H12F6O4. The summed E-state index contributed by atoms with van der Waals surface area (Å²) in [7, 11) is 0. The third kappa shape index (κ3) is 5.64. The van der Waals surface area contributed by atoms with E-state index >= 15 is 0 Å². The first-order valence-corrected chi connectivity index (χ1v) is 5.35. The van der Waals surface area contributed by atoms with Gasteiger partial charge in [0.15, 0.2) is 5.92 Å². The van der Waals surface area contributed by atoms with Crippen molar-refractivity contribution in [3.05, 3.63) is 12.2 Å². The molecule has 0 atom stereocenters. The van der Waals surface area contributed by atoms with Gasteiger partial charge in [-0.15, -0.1) is 0 Å². The van der Waals surface area contributed by atoms with Crippen LogP contribution in [0.3, 0.4) is 0 Å². The van der Waals surface area contributed by atoms with Gasteiger partial charge < -0.3 is 9.84 Å². The Labute approximate surface area is 115 Å². The van der Waals surface area contributed by atoms with Crippen LogP contribution in [0.15, 0.2) is 12.2 Å². The van der Waals surface area contributed by atoms with Crippen molar-refractivity contribution in [2.75, 3.05) is 0 Å². The number of ether oxygens (including phenoxy) is 1. The van der Waals surface area contributed by atoms with Gasteiger partial charge in [0.1, 0.15) is 5.60 Å². The van der Waals surface area contributed by atoms with Crippen molar-refractivity contribution in [2.45, 2.75) is 38.2 Å². The summed E-state index contributed by atoms with van der Waals surface area (Å²) in [6.45, 7) is 3.81. The molecule has 21 heavy (non-hydrogen) atoms. The molecule has 0 bridgehead atoms. The highest BCUT2D eigenvalue weighted by Crippen LogP contribution is 2.47. The number of carbonyl (C=O) groups excluding carboxylic acids is 1. The molecule has 0 heterocycles. The Hall–Kier alpha value is -1.74. The van der Waals surface area contributed by atoms with Gasteiger partial charge in [-0.3, -0.25) is 4.79 Å². The van der Waals surface area contributed by atoms with Gasteiger partial charge in [-0.25, -0.2) is 4.79 Å². The van der Waals surface area contributed by atoms with Crippen molar-refractivity contribution in [1.82, 2.24) is 0 Å². The number of halogens is 6. The molecule has 0 aromatic carbocycles. The zero-order chi connectivity index (χ0) is 17.2. The Morgan fingerprint density at radius 1 is 1.10 bits per heavy atom. The first-order chi connectivity index (χ1) is 9.09. The number of carboxylic acids is 1. The SMILES string of the molecule is C=C(CC(=O)O)C(=O)OC(C)(C)C(C(F)(F)F)C(F)(F)F. The molecule has 0 aromatic rings.